The second kappa shape index (κ2) is 10.2. The number of carboxylic acid groups (broad SMARTS) is 2. The Balaban J connectivity index is 1.82. The van der Waals surface area contributed by atoms with Gasteiger partial charge in [0, 0.05) is 26.8 Å². The molecule has 0 aliphatic rings. The van der Waals surface area contributed by atoms with E-state index in [-0.39, 0.29) is 28.1 Å². The summed E-state index contributed by atoms with van der Waals surface area (Å²) in [4.78, 5) is 23.9. The lowest BCUT2D eigenvalue weighted by molar-refractivity contribution is -0.153. The maximum absolute atomic E-state index is 12.5. The van der Waals surface area contributed by atoms with E-state index in [9.17, 15) is 33.0 Å². The van der Waals surface area contributed by atoms with Crippen molar-refractivity contribution in [3.05, 3.63) is 82.0 Å². The Bertz CT molecular complexity index is 1480. The molecule has 0 saturated carbocycles. The van der Waals surface area contributed by atoms with E-state index in [0.717, 1.165) is 0 Å². The van der Waals surface area contributed by atoms with Crippen molar-refractivity contribution >= 4 is 46.0 Å². The van der Waals surface area contributed by atoms with E-state index in [2.05, 4.69) is 0 Å². The minimum absolute atomic E-state index is 0.0399. The third-order valence-electron chi connectivity index (χ3n) is 5.14. The molecule has 0 radical (unpaired) electrons. The second-order valence-corrected chi connectivity index (χ2v) is 8.69. The molecule has 1 heterocycles. The van der Waals surface area contributed by atoms with E-state index in [4.69, 9.17) is 32.7 Å². The van der Waals surface area contributed by atoms with Crippen molar-refractivity contribution in [2.75, 3.05) is 6.61 Å². The minimum atomic E-state index is -4.52. The topological polar surface area (TPSA) is 98.0 Å². The van der Waals surface area contributed by atoms with E-state index >= 15 is 0 Å². The molecule has 1 aromatic heterocycles. The van der Waals surface area contributed by atoms with Crippen molar-refractivity contribution in [1.82, 2.24) is 4.57 Å². The first kappa shape index (κ1) is 26.2. The van der Waals surface area contributed by atoms with Crippen LogP contribution < -0.4 is 9.47 Å². The van der Waals surface area contributed by atoms with Crippen LogP contribution in [0.1, 0.15) is 16.1 Å². The molecule has 0 spiro atoms. The fraction of sp³-hybridized carbons (Fsp3) is 0.120. The molecule has 0 aliphatic carbocycles. The average Bonchev–Trinajstić information content (AvgIpc) is 3.09. The van der Waals surface area contributed by atoms with E-state index in [1.807, 2.05) is 0 Å². The number of benzene rings is 3. The van der Waals surface area contributed by atoms with Crippen molar-refractivity contribution in [2.45, 2.75) is 12.6 Å². The number of fused-ring (bicyclic) bond motifs is 1. The SMILES string of the molecule is O=C(O)Cc1c(C(=O)O)c2cc(Oc3cc(Cl)cc(Cl)c3)ccc2n1-c1ccc(OCC(F)(F)F)cc1. The number of halogens is 5. The summed E-state index contributed by atoms with van der Waals surface area (Å²) in [6.45, 7) is -1.48. The third kappa shape index (κ3) is 6.10. The number of nitrogens with zero attached hydrogens (tertiary/aromatic N) is 1. The van der Waals surface area contributed by atoms with Crippen molar-refractivity contribution < 1.29 is 42.4 Å². The number of alkyl halides is 3. The Hall–Kier alpha value is -3.89. The fourth-order valence-corrected chi connectivity index (χ4v) is 4.32. The van der Waals surface area contributed by atoms with Crippen LogP contribution >= 0.6 is 23.2 Å². The molecule has 4 aromatic rings. The lowest BCUT2D eigenvalue weighted by atomic mass is 10.1. The molecule has 4 rings (SSSR count). The molecule has 0 bridgehead atoms. The van der Waals surface area contributed by atoms with Crippen molar-refractivity contribution in [3.63, 3.8) is 0 Å². The largest absolute Gasteiger partial charge is 0.484 e. The maximum Gasteiger partial charge on any atom is 0.422 e. The summed E-state index contributed by atoms with van der Waals surface area (Å²) >= 11 is 12.0. The van der Waals surface area contributed by atoms with Crippen molar-refractivity contribution in [2.24, 2.45) is 0 Å². The van der Waals surface area contributed by atoms with Crippen molar-refractivity contribution in [3.8, 4) is 22.9 Å². The average molecular weight is 554 g/mol. The van der Waals surface area contributed by atoms with Crippen LogP contribution in [0, 0.1) is 0 Å². The molecule has 0 unspecified atom stereocenters. The van der Waals surface area contributed by atoms with Crippen molar-refractivity contribution in [1.29, 1.82) is 0 Å². The van der Waals surface area contributed by atoms with Gasteiger partial charge in [0.1, 0.15) is 17.2 Å². The van der Waals surface area contributed by atoms with Crippen LogP contribution in [-0.4, -0.2) is 39.5 Å². The Morgan fingerprint density at radius 2 is 1.49 bits per heavy atom. The van der Waals surface area contributed by atoms with E-state index in [1.54, 1.807) is 12.1 Å². The number of hydrogen-bond acceptors (Lipinski definition) is 4. The quantitative estimate of drug-likeness (QED) is 0.244. The third-order valence-corrected chi connectivity index (χ3v) is 5.57. The monoisotopic (exact) mass is 553 g/mol. The van der Waals surface area contributed by atoms with Gasteiger partial charge >= 0.3 is 18.1 Å². The smallest absolute Gasteiger partial charge is 0.422 e. The summed E-state index contributed by atoms with van der Waals surface area (Å²) in [5.74, 6) is -2.17. The highest BCUT2D eigenvalue weighted by Crippen LogP contribution is 2.36. The summed E-state index contributed by atoms with van der Waals surface area (Å²) in [7, 11) is 0. The van der Waals surface area contributed by atoms with Crippen LogP contribution in [0.15, 0.2) is 60.7 Å². The number of ether oxygens (including phenoxy) is 2. The summed E-state index contributed by atoms with van der Waals surface area (Å²) in [6.07, 6.45) is -5.15. The van der Waals surface area contributed by atoms with Gasteiger partial charge in [-0.15, -0.1) is 0 Å². The molecule has 0 atom stereocenters. The first-order valence-electron chi connectivity index (χ1n) is 10.5. The number of aromatic carboxylic acids is 1. The first-order valence-corrected chi connectivity index (χ1v) is 11.2. The molecular weight excluding hydrogens is 538 g/mol. The summed E-state index contributed by atoms with van der Waals surface area (Å²) in [5, 5.41) is 20.3. The highest BCUT2D eigenvalue weighted by molar-refractivity contribution is 6.34. The van der Waals surface area contributed by atoms with Gasteiger partial charge in [-0.25, -0.2) is 4.79 Å². The Kier molecular flexibility index (Phi) is 7.24. The number of rotatable bonds is 8. The van der Waals surface area contributed by atoms with E-state index in [0.29, 0.717) is 27.0 Å². The summed E-state index contributed by atoms with van der Waals surface area (Å²) in [5.41, 5.74) is 0.365. The normalized spacial score (nSPS) is 11.5. The van der Waals surface area contributed by atoms with Crippen LogP contribution in [0.25, 0.3) is 16.6 Å². The van der Waals surface area contributed by atoms with Gasteiger partial charge in [-0.2, -0.15) is 13.2 Å². The van der Waals surface area contributed by atoms with E-state index < -0.39 is 31.1 Å². The van der Waals surface area contributed by atoms with Crippen LogP contribution in [-0.2, 0) is 11.2 Å². The lowest BCUT2D eigenvalue weighted by Gasteiger charge is -2.13. The van der Waals surface area contributed by atoms with Gasteiger partial charge in [-0.3, -0.25) is 4.79 Å². The second-order valence-electron chi connectivity index (χ2n) is 7.82. The predicted molar refractivity (Wildman–Crippen MR) is 130 cm³/mol. The summed E-state index contributed by atoms with van der Waals surface area (Å²) < 4.78 is 49.3. The standard InChI is InChI=1S/C25H16Cl2F3NO6/c26-13-7-14(27)9-18(8-13)37-17-5-6-20-19(10-17)23(24(34)35)21(11-22(32)33)31(20)15-1-3-16(4-2-15)36-12-25(28,29)30/h1-10H,11-12H2,(H,32,33)(H,34,35). The fourth-order valence-electron chi connectivity index (χ4n) is 3.81. The molecule has 192 valence electrons. The van der Waals surface area contributed by atoms with Gasteiger partial charge in [0.15, 0.2) is 6.61 Å². The number of carboxylic acids is 2. The lowest BCUT2D eigenvalue weighted by Crippen LogP contribution is -2.19. The number of hydrogen-bond donors (Lipinski definition) is 2. The van der Waals surface area contributed by atoms with E-state index in [1.165, 1.54) is 53.1 Å². The maximum atomic E-state index is 12.5. The molecular formula is C25H16Cl2F3NO6. The zero-order valence-corrected chi connectivity index (χ0v) is 20.1. The molecule has 0 aliphatic heterocycles. The molecule has 7 nitrogen and oxygen atoms in total. The molecule has 0 amide bonds. The number of aromatic nitrogens is 1. The molecule has 12 heteroatoms. The molecule has 3 aromatic carbocycles. The molecule has 2 N–H and O–H groups in total. The van der Waals surface area contributed by atoms with Gasteiger partial charge in [-0.1, -0.05) is 23.2 Å². The Morgan fingerprint density at radius 3 is 2.05 bits per heavy atom. The molecule has 0 saturated heterocycles. The number of carbonyl (C=O) groups is 2. The molecule has 37 heavy (non-hydrogen) atoms. The van der Waals surface area contributed by atoms with Gasteiger partial charge < -0.3 is 24.3 Å². The first-order chi connectivity index (χ1) is 17.4. The highest BCUT2D eigenvalue weighted by Gasteiger charge is 2.29. The van der Waals surface area contributed by atoms with Gasteiger partial charge in [0.2, 0.25) is 0 Å². The van der Waals surface area contributed by atoms with Gasteiger partial charge in [0.05, 0.1) is 17.5 Å². The number of aliphatic carboxylic acids is 1. The van der Waals surface area contributed by atoms with Gasteiger partial charge in [0.25, 0.3) is 0 Å². The summed E-state index contributed by atoms with van der Waals surface area (Å²) in [6, 6.07) is 14.4. The molecule has 0 fully saturated rings. The van der Waals surface area contributed by atoms with Crippen LogP contribution in [0.3, 0.4) is 0 Å². The zero-order valence-electron chi connectivity index (χ0n) is 18.6. The Labute approximate surface area is 217 Å². The highest BCUT2D eigenvalue weighted by atomic mass is 35.5. The zero-order chi connectivity index (χ0) is 26.9. The minimum Gasteiger partial charge on any atom is -0.484 e. The van der Waals surface area contributed by atoms with Crippen LogP contribution in [0.4, 0.5) is 13.2 Å². The predicted octanol–water partition coefficient (Wildman–Crippen LogP) is 7.00. The Morgan fingerprint density at radius 1 is 0.865 bits per heavy atom. The van der Waals surface area contributed by atoms with Gasteiger partial charge in [-0.05, 0) is 60.7 Å². The van der Waals surface area contributed by atoms with Crippen LogP contribution in [0.2, 0.25) is 10.0 Å². The van der Waals surface area contributed by atoms with Crippen LogP contribution in [0.5, 0.6) is 17.2 Å².